The minimum absolute atomic E-state index is 0.445. The summed E-state index contributed by atoms with van der Waals surface area (Å²) in [5.74, 6) is 0. The lowest BCUT2D eigenvalue weighted by molar-refractivity contribution is 0.107. The molecule has 1 aliphatic rings. The highest BCUT2D eigenvalue weighted by Crippen LogP contribution is 2.20. The van der Waals surface area contributed by atoms with E-state index in [0.29, 0.717) is 13.0 Å². The molecule has 0 saturated carbocycles. The highest BCUT2D eigenvalue weighted by Gasteiger charge is 2.18. The first-order valence-corrected chi connectivity index (χ1v) is 9.35. The van der Waals surface area contributed by atoms with Crippen molar-refractivity contribution in [1.82, 2.24) is 14.7 Å². The first-order valence-electron chi connectivity index (χ1n) is 9.35. The van der Waals surface area contributed by atoms with E-state index >= 15 is 0 Å². The van der Waals surface area contributed by atoms with Gasteiger partial charge in [-0.25, -0.2) is 0 Å². The summed E-state index contributed by atoms with van der Waals surface area (Å²) in [7, 11) is 0. The van der Waals surface area contributed by atoms with Crippen molar-refractivity contribution in [1.29, 1.82) is 0 Å². The van der Waals surface area contributed by atoms with Crippen LogP contribution in [-0.2, 0) is 24.4 Å². The smallest absolute Gasteiger partial charge is 0.0975 e. The van der Waals surface area contributed by atoms with Crippen LogP contribution in [0.15, 0.2) is 36.4 Å². The second kappa shape index (κ2) is 9.13. The van der Waals surface area contributed by atoms with Gasteiger partial charge in [-0.15, -0.1) is 0 Å². The van der Waals surface area contributed by atoms with E-state index in [1.54, 1.807) is 0 Å². The second-order valence-corrected chi connectivity index (χ2v) is 6.73. The topological polar surface area (TPSA) is 50.5 Å². The van der Waals surface area contributed by atoms with E-state index in [1.165, 1.54) is 11.3 Å². The molecule has 0 amide bonds. The molecular formula is C20H29N3O2. The second-order valence-electron chi connectivity index (χ2n) is 6.73. The first-order chi connectivity index (χ1) is 12.3. The lowest BCUT2D eigenvalue weighted by atomic mass is 10.2. The zero-order valence-corrected chi connectivity index (χ0v) is 15.1. The van der Waals surface area contributed by atoms with Crippen LogP contribution in [0.4, 0.5) is 0 Å². The SMILES string of the molecule is CC[C@@H](O)c1cc2n(n1)CCCN(CCCOCc1ccccc1)C2. The third kappa shape index (κ3) is 5.14. The van der Waals surface area contributed by atoms with Crippen LogP contribution in [0.1, 0.15) is 49.2 Å². The number of ether oxygens (including phenoxy) is 1. The van der Waals surface area contributed by atoms with Crippen molar-refractivity contribution in [2.75, 3.05) is 19.7 Å². The number of benzene rings is 1. The molecule has 3 rings (SSSR count). The number of aliphatic hydroxyl groups is 1. The molecule has 0 unspecified atom stereocenters. The maximum Gasteiger partial charge on any atom is 0.0975 e. The molecule has 2 heterocycles. The van der Waals surface area contributed by atoms with Crippen molar-refractivity contribution in [3.8, 4) is 0 Å². The molecule has 25 heavy (non-hydrogen) atoms. The molecule has 0 aliphatic carbocycles. The fourth-order valence-corrected chi connectivity index (χ4v) is 3.27. The highest BCUT2D eigenvalue weighted by molar-refractivity contribution is 5.14. The summed E-state index contributed by atoms with van der Waals surface area (Å²) in [5.41, 5.74) is 3.25. The van der Waals surface area contributed by atoms with E-state index in [9.17, 15) is 5.11 Å². The number of hydrogen-bond acceptors (Lipinski definition) is 4. The molecule has 1 aliphatic heterocycles. The van der Waals surface area contributed by atoms with Gasteiger partial charge in [0.05, 0.1) is 24.1 Å². The fourth-order valence-electron chi connectivity index (χ4n) is 3.27. The van der Waals surface area contributed by atoms with Crippen molar-refractivity contribution < 1.29 is 9.84 Å². The third-order valence-corrected chi connectivity index (χ3v) is 4.71. The van der Waals surface area contributed by atoms with Gasteiger partial charge in [-0.3, -0.25) is 9.58 Å². The maximum atomic E-state index is 10.0. The van der Waals surface area contributed by atoms with E-state index in [1.807, 2.05) is 25.1 Å². The summed E-state index contributed by atoms with van der Waals surface area (Å²) in [5, 5.41) is 14.6. The average molecular weight is 343 g/mol. The van der Waals surface area contributed by atoms with Crippen molar-refractivity contribution in [2.24, 2.45) is 0 Å². The quantitative estimate of drug-likeness (QED) is 0.748. The van der Waals surface area contributed by atoms with Crippen LogP contribution in [0.25, 0.3) is 0 Å². The van der Waals surface area contributed by atoms with Crippen LogP contribution in [0.2, 0.25) is 0 Å². The fraction of sp³-hybridized carbons (Fsp3) is 0.550. The normalized spacial score (nSPS) is 16.4. The van der Waals surface area contributed by atoms with Gasteiger partial charge >= 0.3 is 0 Å². The van der Waals surface area contributed by atoms with E-state index in [0.717, 1.165) is 51.3 Å². The number of aryl methyl sites for hydroxylation is 1. The lowest BCUT2D eigenvalue weighted by Crippen LogP contribution is -2.25. The number of hydrogen-bond donors (Lipinski definition) is 1. The molecule has 2 aromatic rings. The van der Waals surface area contributed by atoms with Crippen LogP contribution < -0.4 is 0 Å². The first kappa shape index (κ1) is 18.1. The number of rotatable bonds is 8. The summed E-state index contributed by atoms with van der Waals surface area (Å²) in [6.45, 7) is 7.42. The summed E-state index contributed by atoms with van der Waals surface area (Å²) < 4.78 is 7.85. The predicted octanol–water partition coefficient (Wildman–Crippen LogP) is 3.14. The number of aliphatic hydroxyl groups excluding tert-OH is 1. The van der Waals surface area contributed by atoms with Crippen LogP contribution >= 0.6 is 0 Å². The largest absolute Gasteiger partial charge is 0.387 e. The monoisotopic (exact) mass is 343 g/mol. The Morgan fingerprint density at radius 2 is 2.08 bits per heavy atom. The maximum absolute atomic E-state index is 10.0. The van der Waals surface area contributed by atoms with Crippen molar-refractivity contribution in [2.45, 2.75) is 52.0 Å². The Bertz CT molecular complexity index is 642. The van der Waals surface area contributed by atoms with Gasteiger partial charge in [0.2, 0.25) is 0 Å². The molecule has 0 spiro atoms. The van der Waals surface area contributed by atoms with Crippen molar-refractivity contribution in [3.05, 3.63) is 53.3 Å². The van der Waals surface area contributed by atoms with E-state index in [2.05, 4.69) is 32.9 Å². The number of fused-ring (bicyclic) bond motifs is 1. The highest BCUT2D eigenvalue weighted by atomic mass is 16.5. The Balaban J connectivity index is 1.43. The molecule has 136 valence electrons. The van der Waals surface area contributed by atoms with Gasteiger partial charge in [-0.1, -0.05) is 37.3 Å². The molecule has 1 aromatic carbocycles. The molecule has 0 radical (unpaired) electrons. The minimum atomic E-state index is -0.445. The number of nitrogens with zero attached hydrogens (tertiary/aromatic N) is 3. The predicted molar refractivity (Wildman–Crippen MR) is 98.1 cm³/mol. The molecule has 0 bridgehead atoms. The molecular weight excluding hydrogens is 314 g/mol. The van der Waals surface area contributed by atoms with Crippen LogP contribution in [0.3, 0.4) is 0 Å². The molecule has 0 fully saturated rings. The summed E-state index contributed by atoms with van der Waals surface area (Å²) in [4.78, 5) is 2.47. The van der Waals surface area contributed by atoms with E-state index in [4.69, 9.17) is 4.74 Å². The zero-order chi connectivity index (χ0) is 17.5. The molecule has 5 nitrogen and oxygen atoms in total. The van der Waals surface area contributed by atoms with E-state index in [-0.39, 0.29) is 0 Å². The van der Waals surface area contributed by atoms with E-state index < -0.39 is 6.10 Å². The number of aromatic nitrogens is 2. The van der Waals surface area contributed by atoms with Gasteiger partial charge < -0.3 is 9.84 Å². The Kier molecular flexibility index (Phi) is 6.62. The van der Waals surface area contributed by atoms with Gasteiger partial charge in [0, 0.05) is 32.8 Å². The minimum Gasteiger partial charge on any atom is -0.387 e. The standard InChI is InChI=1S/C20H29N3O2/c1-2-20(24)19-14-18-15-22(10-6-12-23(18)21-19)11-7-13-25-16-17-8-4-3-5-9-17/h3-5,8-9,14,20,24H,2,6-7,10-13,15-16H2,1H3/t20-/m1/s1. The Hall–Kier alpha value is -1.69. The lowest BCUT2D eigenvalue weighted by Gasteiger charge is -2.19. The van der Waals surface area contributed by atoms with Crippen LogP contribution in [0, 0.1) is 0 Å². The van der Waals surface area contributed by atoms with Gasteiger partial charge in [0.25, 0.3) is 0 Å². The molecule has 5 heteroatoms. The summed E-state index contributed by atoms with van der Waals surface area (Å²) in [6.07, 6.45) is 2.39. The molecule has 0 saturated heterocycles. The van der Waals surface area contributed by atoms with Gasteiger partial charge in [0.1, 0.15) is 0 Å². The Labute approximate surface area is 150 Å². The van der Waals surface area contributed by atoms with Gasteiger partial charge in [-0.05, 0) is 30.9 Å². The molecule has 1 aromatic heterocycles. The Morgan fingerprint density at radius 3 is 2.88 bits per heavy atom. The van der Waals surface area contributed by atoms with Crippen molar-refractivity contribution >= 4 is 0 Å². The van der Waals surface area contributed by atoms with Gasteiger partial charge in [-0.2, -0.15) is 5.10 Å². The third-order valence-electron chi connectivity index (χ3n) is 4.71. The summed E-state index contributed by atoms with van der Waals surface area (Å²) >= 11 is 0. The average Bonchev–Trinajstić information content (AvgIpc) is 2.94. The van der Waals surface area contributed by atoms with Gasteiger partial charge in [0.15, 0.2) is 0 Å². The molecule has 1 atom stereocenters. The molecule has 1 N–H and O–H groups in total. The van der Waals surface area contributed by atoms with Crippen LogP contribution in [0.5, 0.6) is 0 Å². The van der Waals surface area contributed by atoms with Crippen LogP contribution in [-0.4, -0.2) is 39.5 Å². The van der Waals surface area contributed by atoms with Crippen molar-refractivity contribution in [3.63, 3.8) is 0 Å². The summed E-state index contributed by atoms with van der Waals surface area (Å²) in [6, 6.07) is 12.4. The zero-order valence-electron chi connectivity index (χ0n) is 15.1. The Morgan fingerprint density at radius 1 is 1.24 bits per heavy atom.